The molecular weight excluding hydrogens is 486 g/mol. The highest BCUT2D eigenvalue weighted by molar-refractivity contribution is 6.31. The van der Waals surface area contributed by atoms with Crippen molar-refractivity contribution in [1.82, 2.24) is 4.57 Å². The smallest absolute Gasteiger partial charge is 0.416 e. The summed E-state index contributed by atoms with van der Waals surface area (Å²) in [5.41, 5.74) is -0.978. The Hall–Kier alpha value is -3.19. The number of halogens is 7. The van der Waals surface area contributed by atoms with Crippen LogP contribution in [0.1, 0.15) is 18.9 Å². The molecule has 1 aromatic heterocycles. The summed E-state index contributed by atoms with van der Waals surface area (Å²) >= 11 is 6.06. The Morgan fingerprint density at radius 3 is 2.59 bits per heavy atom. The van der Waals surface area contributed by atoms with E-state index in [0.29, 0.717) is 21.5 Å². The van der Waals surface area contributed by atoms with Crippen LogP contribution in [0.5, 0.6) is 0 Å². The number of hydrogen-bond donors (Lipinski definition) is 0. The van der Waals surface area contributed by atoms with Crippen molar-refractivity contribution < 1.29 is 35.9 Å². The number of fused-ring (bicyclic) bond motifs is 1. The van der Waals surface area contributed by atoms with Crippen LogP contribution >= 0.6 is 11.6 Å². The molecule has 0 amide bonds. The van der Waals surface area contributed by atoms with Gasteiger partial charge in [0.15, 0.2) is 0 Å². The number of nitriles is 1. The molecular formula is C23H17ClF6N2O2. The summed E-state index contributed by atoms with van der Waals surface area (Å²) in [6.45, 7) is 1.33. The largest absolute Gasteiger partial charge is 0.462 e. The van der Waals surface area contributed by atoms with Gasteiger partial charge in [-0.1, -0.05) is 17.7 Å². The van der Waals surface area contributed by atoms with E-state index in [4.69, 9.17) is 16.3 Å². The minimum absolute atomic E-state index is 0.0367. The van der Waals surface area contributed by atoms with Gasteiger partial charge >= 0.3 is 18.3 Å². The van der Waals surface area contributed by atoms with Gasteiger partial charge in [0.2, 0.25) is 0 Å². The summed E-state index contributed by atoms with van der Waals surface area (Å²) in [4.78, 5) is 12.0. The lowest BCUT2D eigenvalue weighted by Crippen LogP contribution is -2.27. The van der Waals surface area contributed by atoms with Crippen molar-refractivity contribution in [2.75, 3.05) is 6.61 Å². The third-order valence-corrected chi connectivity index (χ3v) is 5.37. The van der Waals surface area contributed by atoms with Gasteiger partial charge in [-0.2, -0.15) is 31.6 Å². The van der Waals surface area contributed by atoms with Crippen LogP contribution in [0.3, 0.4) is 0 Å². The number of benzene rings is 1. The predicted molar refractivity (Wildman–Crippen MR) is 114 cm³/mol. The van der Waals surface area contributed by atoms with Crippen LogP contribution in [0.2, 0.25) is 5.02 Å². The molecule has 1 heterocycles. The quantitative estimate of drug-likeness (QED) is 0.196. The molecule has 34 heavy (non-hydrogen) atoms. The Bertz CT molecular complexity index is 1250. The number of aromatic nitrogens is 1. The Labute approximate surface area is 195 Å². The first-order valence-electron chi connectivity index (χ1n) is 9.96. The second-order valence-corrected chi connectivity index (χ2v) is 7.98. The number of esters is 1. The highest BCUT2D eigenvalue weighted by Gasteiger charge is 2.44. The lowest BCUT2D eigenvalue weighted by atomic mass is 9.89. The third-order valence-electron chi connectivity index (χ3n) is 5.13. The molecule has 0 saturated carbocycles. The van der Waals surface area contributed by atoms with Crippen LogP contribution < -0.4 is 0 Å². The van der Waals surface area contributed by atoms with Crippen LogP contribution in [0.4, 0.5) is 26.3 Å². The van der Waals surface area contributed by atoms with Crippen LogP contribution in [0.15, 0.2) is 53.3 Å². The van der Waals surface area contributed by atoms with Gasteiger partial charge in [-0.05, 0) is 49.3 Å². The summed E-state index contributed by atoms with van der Waals surface area (Å²) in [6.07, 6.45) is -6.81. The molecule has 0 saturated heterocycles. The molecule has 0 aliphatic heterocycles. The van der Waals surface area contributed by atoms with E-state index < -0.39 is 36.2 Å². The summed E-state index contributed by atoms with van der Waals surface area (Å²) in [7, 11) is 0. The van der Waals surface area contributed by atoms with Crippen molar-refractivity contribution in [2.24, 2.45) is 5.92 Å². The van der Waals surface area contributed by atoms with E-state index in [1.54, 1.807) is 19.1 Å². The fourth-order valence-electron chi connectivity index (χ4n) is 3.64. The highest BCUT2D eigenvalue weighted by atomic mass is 35.5. The number of nitrogens with zero attached hydrogens (tertiary/aromatic N) is 2. The van der Waals surface area contributed by atoms with E-state index in [1.807, 2.05) is 0 Å². The van der Waals surface area contributed by atoms with E-state index in [2.05, 4.69) is 0 Å². The lowest BCUT2D eigenvalue weighted by molar-refractivity contribution is -0.162. The van der Waals surface area contributed by atoms with E-state index >= 15 is 0 Å². The number of carbonyl (C=O) groups is 1. The molecule has 0 N–H and O–H groups in total. The molecule has 0 spiro atoms. The van der Waals surface area contributed by atoms with Gasteiger partial charge in [-0.15, -0.1) is 0 Å². The van der Waals surface area contributed by atoms with Crippen LogP contribution in [-0.2, 0) is 16.1 Å². The maximum atomic E-state index is 13.3. The zero-order valence-corrected chi connectivity index (χ0v) is 18.4. The molecule has 4 nitrogen and oxygen atoms in total. The molecule has 180 valence electrons. The van der Waals surface area contributed by atoms with E-state index in [-0.39, 0.29) is 30.4 Å². The summed E-state index contributed by atoms with van der Waals surface area (Å²) < 4.78 is 85.9. The van der Waals surface area contributed by atoms with Crippen LogP contribution in [0.25, 0.3) is 17.0 Å². The zero-order chi connectivity index (χ0) is 25.3. The van der Waals surface area contributed by atoms with Crippen molar-refractivity contribution in [3.8, 4) is 6.07 Å². The van der Waals surface area contributed by atoms with Gasteiger partial charge < -0.3 is 9.30 Å². The predicted octanol–water partition coefficient (Wildman–Crippen LogP) is 6.76. The molecule has 1 aliphatic carbocycles. The minimum atomic E-state index is -4.93. The first-order chi connectivity index (χ1) is 15.8. The monoisotopic (exact) mass is 502 g/mol. The standard InChI is InChI=1S/C23H17ClF6N2O2/c1-2-34-21(33)14(10-31)7-15-12-32(20-4-3-18(24)9-19(15)20)11-13-5-16(22(25,26)27)8-17(6-13)23(28,29)30/h3-5,7-9,12,17H,2,6,11H2,1H3/b14-7+. The molecule has 1 aromatic carbocycles. The van der Waals surface area contributed by atoms with E-state index in [1.165, 1.54) is 29.0 Å². The summed E-state index contributed by atoms with van der Waals surface area (Å²) in [5, 5.41) is 10.1. The Morgan fingerprint density at radius 2 is 2.00 bits per heavy atom. The van der Waals surface area contributed by atoms with Gasteiger partial charge in [0, 0.05) is 34.2 Å². The molecule has 1 unspecified atom stereocenters. The van der Waals surface area contributed by atoms with Crippen molar-refractivity contribution in [3.05, 3.63) is 63.9 Å². The number of alkyl halides is 6. The average molecular weight is 503 g/mol. The number of carbonyl (C=O) groups excluding carboxylic acids is 1. The molecule has 0 bridgehead atoms. The lowest BCUT2D eigenvalue weighted by Gasteiger charge is -2.25. The van der Waals surface area contributed by atoms with Crippen molar-refractivity contribution in [1.29, 1.82) is 5.26 Å². The molecule has 0 radical (unpaired) electrons. The fraction of sp³-hybridized carbons (Fsp3) is 0.304. The van der Waals surface area contributed by atoms with Crippen molar-refractivity contribution in [2.45, 2.75) is 32.2 Å². The number of allylic oxidation sites excluding steroid dienone is 4. The molecule has 3 rings (SSSR count). The average Bonchev–Trinajstić information content (AvgIpc) is 3.06. The number of hydrogen-bond acceptors (Lipinski definition) is 3. The fourth-order valence-corrected chi connectivity index (χ4v) is 3.82. The first-order valence-corrected chi connectivity index (χ1v) is 10.3. The summed E-state index contributed by atoms with van der Waals surface area (Å²) in [6, 6.07) is 6.31. The van der Waals surface area contributed by atoms with Crippen molar-refractivity contribution >= 4 is 34.5 Å². The maximum Gasteiger partial charge on any atom is 0.416 e. The van der Waals surface area contributed by atoms with Gasteiger partial charge in [0.1, 0.15) is 11.6 Å². The van der Waals surface area contributed by atoms with Crippen LogP contribution in [0, 0.1) is 17.2 Å². The van der Waals surface area contributed by atoms with Crippen LogP contribution in [-0.4, -0.2) is 29.5 Å². The minimum Gasteiger partial charge on any atom is -0.462 e. The van der Waals surface area contributed by atoms with Gasteiger partial charge in [-0.25, -0.2) is 4.79 Å². The number of ether oxygens (including phenoxy) is 1. The molecule has 11 heteroatoms. The zero-order valence-electron chi connectivity index (χ0n) is 17.6. The SMILES string of the molecule is CCOC(=O)/C(C#N)=C/c1cn(CC2=CC(C(F)(F)F)=CC(C(F)(F)F)C2)c2ccc(Cl)cc12. The third kappa shape index (κ3) is 5.65. The second-order valence-electron chi connectivity index (χ2n) is 7.54. The van der Waals surface area contributed by atoms with E-state index in [9.17, 15) is 36.4 Å². The normalized spacial score (nSPS) is 17.3. The molecule has 1 aliphatic rings. The Kier molecular flexibility index (Phi) is 7.17. The van der Waals surface area contributed by atoms with Crippen molar-refractivity contribution in [3.63, 3.8) is 0 Å². The topological polar surface area (TPSA) is 55.0 Å². The summed E-state index contributed by atoms with van der Waals surface area (Å²) in [5.74, 6) is -3.13. The Balaban J connectivity index is 2.07. The molecule has 1 atom stereocenters. The highest BCUT2D eigenvalue weighted by Crippen LogP contribution is 2.41. The maximum absolute atomic E-state index is 13.3. The van der Waals surface area contributed by atoms with E-state index in [0.717, 1.165) is 6.08 Å². The van der Waals surface area contributed by atoms with Gasteiger partial charge in [0.05, 0.1) is 18.1 Å². The second kappa shape index (κ2) is 9.58. The first kappa shape index (κ1) is 25.4. The van der Waals surface area contributed by atoms with Gasteiger partial charge in [-0.3, -0.25) is 0 Å². The number of rotatable bonds is 5. The van der Waals surface area contributed by atoms with Gasteiger partial charge in [0.25, 0.3) is 0 Å². The Morgan fingerprint density at radius 1 is 1.29 bits per heavy atom. The molecule has 2 aromatic rings. The molecule has 0 fully saturated rings.